The Morgan fingerprint density at radius 1 is 0.962 bits per heavy atom. The Kier molecular flexibility index (Phi) is 7.95. The van der Waals surface area contributed by atoms with E-state index in [4.69, 9.17) is 5.11 Å². The van der Waals surface area contributed by atoms with Crippen molar-refractivity contribution in [1.29, 1.82) is 0 Å². The van der Waals surface area contributed by atoms with E-state index >= 15 is 0 Å². The van der Waals surface area contributed by atoms with Crippen LogP contribution < -0.4 is 10.6 Å². The molecule has 0 atom stereocenters. The largest absolute Gasteiger partial charge is 0.396 e. The van der Waals surface area contributed by atoms with Gasteiger partial charge in [0.2, 0.25) is 12.3 Å². The summed E-state index contributed by atoms with van der Waals surface area (Å²) in [5.41, 5.74) is 3.25. The summed E-state index contributed by atoms with van der Waals surface area (Å²) in [5, 5.41) is 22.1. The fraction of sp³-hybridized carbons (Fsp3) is 0.263. The zero-order valence-corrected chi connectivity index (χ0v) is 14.4. The number of aliphatic hydroxyl groups is 1. The molecule has 0 aliphatic carbocycles. The molecule has 2 amide bonds. The van der Waals surface area contributed by atoms with Crippen molar-refractivity contribution in [3.8, 4) is 0 Å². The molecule has 0 radical (unpaired) electrons. The number of benzene rings is 2. The molecule has 0 fully saturated rings. The molecule has 2 aromatic rings. The Balaban J connectivity index is 1.87. The topological polar surface area (TPSA) is 103 Å². The van der Waals surface area contributed by atoms with Gasteiger partial charge in [0.15, 0.2) is 0 Å². The Morgan fingerprint density at radius 3 is 2.15 bits per heavy atom. The molecule has 2 rings (SSSR count). The molecule has 7 heteroatoms. The second-order valence-corrected chi connectivity index (χ2v) is 5.64. The maximum atomic E-state index is 11.5. The maximum absolute atomic E-state index is 11.5. The molecule has 3 N–H and O–H groups in total. The number of azo groups is 1. The maximum Gasteiger partial charge on any atom is 0.243 e. The van der Waals surface area contributed by atoms with Crippen molar-refractivity contribution >= 4 is 29.4 Å². The van der Waals surface area contributed by atoms with Crippen LogP contribution in [0.3, 0.4) is 0 Å². The highest BCUT2D eigenvalue weighted by Gasteiger charge is 2.01. The number of hydrogen-bond donors (Lipinski definition) is 3. The highest BCUT2D eigenvalue weighted by Crippen LogP contribution is 2.21. The number of aliphatic hydroxyl groups excluding tert-OH is 1. The van der Waals surface area contributed by atoms with E-state index in [-0.39, 0.29) is 19.1 Å². The van der Waals surface area contributed by atoms with Gasteiger partial charge in [-0.25, -0.2) is 0 Å². The lowest BCUT2D eigenvalue weighted by Gasteiger charge is -2.04. The molecule has 0 saturated heterocycles. The predicted octanol–water partition coefficient (Wildman–Crippen LogP) is 3.10. The van der Waals surface area contributed by atoms with Gasteiger partial charge in [0.05, 0.1) is 17.9 Å². The Bertz CT molecular complexity index is 727. The van der Waals surface area contributed by atoms with E-state index in [0.29, 0.717) is 17.8 Å². The predicted molar refractivity (Wildman–Crippen MR) is 99.8 cm³/mol. The number of aryl methyl sites for hydroxylation is 1. The molecule has 136 valence electrons. The van der Waals surface area contributed by atoms with Gasteiger partial charge in [-0.3, -0.25) is 9.59 Å². The van der Waals surface area contributed by atoms with Crippen LogP contribution in [0, 0.1) is 0 Å². The highest BCUT2D eigenvalue weighted by atomic mass is 16.3. The molecule has 0 bridgehead atoms. The zero-order valence-electron chi connectivity index (χ0n) is 14.4. The third kappa shape index (κ3) is 6.82. The van der Waals surface area contributed by atoms with Crippen LogP contribution in [0.15, 0.2) is 58.8 Å². The third-order valence-electron chi connectivity index (χ3n) is 3.59. The van der Waals surface area contributed by atoms with E-state index in [2.05, 4.69) is 20.9 Å². The summed E-state index contributed by atoms with van der Waals surface area (Å²) < 4.78 is 0. The first-order valence-electron chi connectivity index (χ1n) is 8.40. The quantitative estimate of drug-likeness (QED) is 0.347. The van der Waals surface area contributed by atoms with E-state index in [1.54, 1.807) is 24.3 Å². The van der Waals surface area contributed by atoms with Crippen molar-refractivity contribution in [1.82, 2.24) is 5.32 Å². The van der Waals surface area contributed by atoms with E-state index in [0.717, 1.165) is 24.9 Å². The van der Waals surface area contributed by atoms with E-state index < -0.39 is 0 Å². The molecular weight excluding hydrogens is 332 g/mol. The molecule has 2 aromatic carbocycles. The van der Waals surface area contributed by atoms with Gasteiger partial charge < -0.3 is 15.7 Å². The average molecular weight is 354 g/mol. The summed E-state index contributed by atoms with van der Waals surface area (Å²) in [6.45, 7) is 0.158. The normalized spacial score (nSPS) is 10.7. The third-order valence-corrected chi connectivity index (χ3v) is 3.59. The number of hydrogen-bond acceptors (Lipinski definition) is 5. The lowest BCUT2D eigenvalue weighted by molar-refractivity contribution is -0.118. The van der Waals surface area contributed by atoms with Crippen LogP contribution in [-0.4, -0.2) is 30.6 Å². The fourth-order valence-electron chi connectivity index (χ4n) is 2.24. The van der Waals surface area contributed by atoms with Gasteiger partial charge in [-0.2, -0.15) is 10.2 Å². The van der Waals surface area contributed by atoms with E-state index in [1.807, 2.05) is 24.3 Å². The van der Waals surface area contributed by atoms with Crippen molar-refractivity contribution in [2.24, 2.45) is 10.2 Å². The number of anilines is 1. The lowest BCUT2D eigenvalue weighted by atomic mass is 10.1. The smallest absolute Gasteiger partial charge is 0.243 e. The number of nitrogens with zero attached hydrogens (tertiary/aromatic N) is 2. The first kappa shape index (κ1) is 19.3. The van der Waals surface area contributed by atoms with Gasteiger partial charge in [-0.15, -0.1) is 0 Å². The Morgan fingerprint density at radius 2 is 1.58 bits per heavy atom. The van der Waals surface area contributed by atoms with Crippen molar-refractivity contribution in [2.75, 3.05) is 18.5 Å². The van der Waals surface area contributed by atoms with Crippen molar-refractivity contribution < 1.29 is 14.7 Å². The number of nitrogens with one attached hydrogen (secondary N) is 2. The number of amides is 2. The molecule has 0 aliphatic heterocycles. The van der Waals surface area contributed by atoms with Crippen LogP contribution in [0.2, 0.25) is 0 Å². The molecule has 0 spiro atoms. The van der Waals surface area contributed by atoms with E-state index in [9.17, 15) is 9.59 Å². The summed E-state index contributed by atoms with van der Waals surface area (Å²) in [6.07, 6.45) is 3.19. The van der Waals surface area contributed by atoms with Crippen LogP contribution in [0.25, 0.3) is 0 Å². The lowest BCUT2D eigenvalue weighted by Crippen LogP contribution is -2.26. The molecule has 0 aliphatic rings. The van der Waals surface area contributed by atoms with Crippen molar-refractivity contribution in [3.63, 3.8) is 0 Å². The van der Waals surface area contributed by atoms with Gasteiger partial charge >= 0.3 is 0 Å². The number of carbonyl (C=O) groups is 2. The average Bonchev–Trinajstić information content (AvgIpc) is 2.67. The summed E-state index contributed by atoms with van der Waals surface area (Å²) >= 11 is 0. The molecule has 0 heterocycles. The minimum absolute atomic E-state index is 0.0685. The van der Waals surface area contributed by atoms with Crippen LogP contribution in [0.5, 0.6) is 0 Å². The van der Waals surface area contributed by atoms with Gasteiger partial charge in [-0.1, -0.05) is 12.1 Å². The monoisotopic (exact) mass is 354 g/mol. The van der Waals surface area contributed by atoms with E-state index in [1.165, 1.54) is 5.56 Å². The summed E-state index contributed by atoms with van der Waals surface area (Å²) in [7, 11) is 0. The summed E-state index contributed by atoms with van der Waals surface area (Å²) in [6, 6.07) is 14.8. The number of carbonyl (C=O) groups excluding carboxylic acids is 2. The first-order chi connectivity index (χ1) is 12.7. The van der Waals surface area contributed by atoms with Crippen molar-refractivity contribution in [3.05, 3.63) is 54.1 Å². The first-order valence-corrected chi connectivity index (χ1v) is 8.40. The van der Waals surface area contributed by atoms with Crippen LogP contribution >= 0.6 is 0 Å². The van der Waals surface area contributed by atoms with Gasteiger partial charge in [0.1, 0.15) is 0 Å². The van der Waals surface area contributed by atoms with Gasteiger partial charge in [-0.05, 0) is 61.2 Å². The minimum Gasteiger partial charge on any atom is -0.396 e. The SMILES string of the molecule is O=CNCC(=O)Nc1ccc(N=Nc2ccc(CCCCO)cc2)cc1. The number of unbranched alkanes of at least 4 members (excludes halogenated alkanes) is 1. The second kappa shape index (κ2) is 10.7. The van der Waals surface area contributed by atoms with Gasteiger partial charge in [0.25, 0.3) is 0 Å². The van der Waals surface area contributed by atoms with Crippen LogP contribution in [0.1, 0.15) is 18.4 Å². The molecule has 0 aromatic heterocycles. The fourth-order valence-corrected chi connectivity index (χ4v) is 2.24. The molecule has 26 heavy (non-hydrogen) atoms. The van der Waals surface area contributed by atoms with Crippen molar-refractivity contribution in [2.45, 2.75) is 19.3 Å². The molecule has 0 unspecified atom stereocenters. The molecule has 7 nitrogen and oxygen atoms in total. The van der Waals surface area contributed by atoms with Crippen LogP contribution in [-0.2, 0) is 16.0 Å². The molecular formula is C19H22N4O3. The second-order valence-electron chi connectivity index (χ2n) is 5.64. The zero-order chi connectivity index (χ0) is 18.6. The Hall–Kier alpha value is -3.06. The minimum atomic E-state index is -0.300. The number of rotatable bonds is 10. The summed E-state index contributed by atoms with van der Waals surface area (Å²) in [5.74, 6) is -0.300. The Labute approximate surface area is 152 Å². The summed E-state index contributed by atoms with van der Waals surface area (Å²) in [4.78, 5) is 21.6. The molecule has 0 saturated carbocycles. The highest BCUT2D eigenvalue weighted by molar-refractivity contribution is 5.93. The standard InChI is InChI=1S/C19H22N4O3/c24-12-2-1-3-15-4-6-17(7-5-15)22-23-18-10-8-16(9-11-18)21-19(26)13-20-14-25/h4-11,14,24H,1-3,12-13H2,(H,20,25)(H,21,26). The van der Waals surface area contributed by atoms with Crippen LogP contribution in [0.4, 0.5) is 17.1 Å². The van der Waals surface area contributed by atoms with Gasteiger partial charge in [0, 0.05) is 12.3 Å².